The molecule has 186 valence electrons. The van der Waals surface area contributed by atoms with E-state index in [-0.39, 0.29) is 17.4 Å². The molecule has 1 aliphatic heterocycles. The van der Waals surface area contributed by atoms with Crippen LogP contribution < -0.4 is 9.64 Å². The van der Waals surface area contributed by atoms with Gasteiger partial charge in [0.2, 0.25) is 0 Å². The summed E-state index contributed by atoms with van der Waals surface area (Å²) in [5.41, 5.74) is 4.53. The van der Waals surface area contributed by atoms with Gasteiger partial charge in [0.1, 0.15) is 11.5 Å². The predicted octanol–water partition coefficient (Wildman–Crippen LogP) is 5.85. The first-order valence-corrected chi connectivity index (χ1v) is 12.6. The van der Waals surface area contributed by atoms with Crippen LogP contribution in [0.5, 0.6) is 5.75 Å². The number of hydrogen-bond donors (Lipinski definition) is 1. The molecule has 0 aromatic heterocycles. The normalized spacial score (nSPS) is 18.5. The van der Waals surface area contributed by atoms with E-state index in [0.717, 1.165) is 25.7 Å². The number of nitriles is 1. The van der Waals surface area contributed by atoms with Crippen LogP contribution >= 0.6 is 0 Å². The molecule has 5 rings (SSSR count). The summed E-state index contributed by atoms with van der Waals surface area (Å²) in [7, 11) is 0. The molecule has 3 aromatic rings. The third-order valence-electron chi connectivity index (χ3n) is 6.89. The van der Waals surface area contributed by atoms with Gasteiger partial charge < -0.3 is 9.84 Å². The molecule has 0 bridgehead atoms. The van der Waals surface area contributed by atoms with Gasteiger partial charge in [-0.3, -0.25) is 14.5 Å². The number of hydrogen-bond acceptors (Lipinski definition) is 5. The van der Waals surface area contributed by atoms with E-state index in [4.69, 9.17) is 4.74 Å². The van der Waals surface area contributed by atoms with Gasteiger partial charge in [0, 0.05) is 11.3 Å². The van der Waals surface area contributed by atoms with Gasteiger partial charge >= 0.3 is 0 Å². The summed E-state index contributed by atoms with van der Waals surface area (Å²) in [5, 5.41) is 20.7. The lowest BCUT2D eigenvalue weighted by atomic mass is 9.88. The first kappa shape index (κ1) is 24.3. The Morgan fingerprint density at radius 2 is 1.73 bits per heavy atom. The van der Waals surface area contributed by atoms with E-state index in [2.05, 4.69) is 6.07 Å². The van der Waals surface area contributed by atoms with Gasteiger partial charge in [-0.15, -0.1) is 0 Å². The van der Waals surface area contributed by atoms with Gasteiger partial charge in [-0.2, -0.15) is 5.26 Å². The zero-order chi connectivity index (χ0) is 26.1. The minimum absolute atomic E-state index is 0.0341. The molecule has 1 saturated heterocycles. The Morgan fingerprint density at radius 3 is 2.43 bits per heavy atom. The van der Waals surface area contributed by atoms with Crippen molar-refractivity contribution in [3.63, 3.8) is 0 Å². The number of ketones is 1. The number of rotatable bonds is 5. The molecule has 3 aromatic carbocycles. The van der Waals surface area contributed by atoms with Crippen LogP contribution in [0, 0.1) is 11.3 Å². The molecule has 1 amide bonds. The van der Waals surface area contributed by atoms with Crippen LogP contribution in [0.4, 0.5) is 5.69 Å². The van der Waals surface area contributed by atoms with Gasteiger partial charge in [-0.1, -0.05) is 24.3 Å². The number of carbonyl (C=O) groups excluding carboxylic acids is 2. The second-order valence-electron chi connectivity index (χ2n) is 9.76. The van der Waals surface area contributed by atoms with Crippen LogP contribution in [0.1, 0.15) is 60.5 Å². The van der Waals surface area contributed by atoms with Crippen LogP contribution in [-0.4, -0.2) is 22.9 Å². The minimum atomic E-state index is -0.861. The second-order valence-corrected chi connectivity index (χ2v) is 9.76. The summed E-state index contributed by atoms with van der Waals surface area (Å²) in [6.07, 6.45) is 4.10. The maximum atomic E-state index is 13.5. The first-order valence-electron chi connectivity index (χ1n) is 12.6. The maximum absolute atomic E-state index is 13.5. The number of ether oxygens (including phenoxy) is 1. The van der Waals surface area contributed by atoms with Crippen molar-refractivity contribution in [1.29, 1.82) is 5.26 Å². The number of anilines is 1. The van der Waals surface area contributed by atoms with Gasteiger partial charge in [0.05, 0.1) is 29.4 Å². The van der Waals surface area contributed by atoms with Crippen molar-refractivity contribution in [2.24, 2.45) is 0 Å². The molecule has 1 fully saturated rings. The predicted molar refractivity (Wildman–Crippen MR) is 141 cm³/mol. The Bertz CT molecular complexity index is 1450. The lowest BCUT2D eigenvalue weighted by molar-refractivity contribution is -0.132. The minimum Gasteiger partial charge on any atom is -0.507 e. The van der Waals surface area contributed by atoms with Crippen LogP contribution in [0.25, 0.3) is 5.76 Å². The molecule has 0 spiro atoms. The molecular formula is C31H28N2O4. The Morgan fingerprint density at radius 1 is 1.00 bits per heavy atom. The number of fused-ring (bicyclic) bond motifs is 1. The fourth-order valence-electron chi connectivity index (χ4n) is 5.18. The highest BCUT2D eigenvalue weighted by molar-refractivity contribution is 6.51. The number of aliphatic hydroxyl groups is 1. The largest absolute Gasteiger partial charge is 0.507 e. The fourth-order valence-corrected chi connectivity index (χ4v) is 5.18. The number of Topliss-reactive ketones (excluding diaryl/α,β-unsaturated/α-hetero) is 1. The van der Waals surface area contributed by atoms with E-state index in [0.29, 0.717) is 28.1 Å². The van der Waals surface area contributed by atoms with Crippen molar-refractivity contribution in [1.82, 2.24) is 0 Å². The average Bonchev–Trinajstić information content (AvgIpc) is 3.18. The first-order chi connectivity index (χ1) is 17.9. The molecule has 6 heteroatoms. The van der Waals surface area contributed by atoms with Crippen LogP contribution in [-0.2, 0) is 22.4 Å². The van der Waals surface area contributed by atoms with E-state index in [1.165, 1.54) is 16.0 Å². The molecule has 1 unspecified atom stereocenters. The molecule has 0 radical (unpaired) electrons. The van der Waals surface area contributed by atoms with E-state index in [1.807, 2.05) is 50.2 Å². The van der Waals surface area contributed by atoms with Gasteiger partial charge in [0.25, 0.3) is 11.7 Å². The highest BCUT2D eigenvalue weighted by Crippen LogP contribution is 2.43. The van der Waals surface area contributed by atoms with Crippen molar-refractivity contribution in [2.75, 3.05) is 4.90 Å². The zero-order valence-electron chi connectivity index (χ0n) is 20.9. The molecular weight excluding hydrogens is 464 g/mol. The van der Waals surface area contributed by atoms with Crippen LogP contribution in [0.15, 0.2) is 72.3 Å². The Labute approximate surface area is 216 Å². The smallest absolute Gasteiger partial charge is 0.300 e. The summed E-state index contributed by atoms with van der Waals surface area (Å²) >= 11 is 0. The lowest BCUT2D eigenvalue weighted by Crippen LogP contribution is -2.29. The lowest BCUT2D eigenvalue weighted by Gasteiger charge is -2.26. The summed E-state index contributed by atoms with van der Waals surface area (Å²) in [6.45, 7) is 3.84. The fraction of sp³-hybridized carbons (Fsp3) is 0.258. The molecule has 1 atom stereocenters. The molecule has 1 N–H and O–H groups in total. The number of aliphatic hydroxyl groups excluding tert-OH is 1. The molecule has 1 aliphatic carbocycles. The molecule has 0 saturated carbocycles. The number of benzene rings is 3. The second kappa shape index (κ2) is 9.94. The quantitative estimate of drug-likeness (QED) is 0.274. The van der Waals surface area contributed by atoms with E-state index >= 15 is 0 Å². The number of amides is 1. The summed E-state index contributed by atoms with van der Waals surface area (Å²) in [5.74, 6) is -1.07. The Balaban J connectivity index is 1.68. The van der Waals surface area contributed by atoms with E-state index in [9.17, 15) is 20.0 Å². The number of carbonyl (C=O) groups is 2. The third-order valence-corrected chi connectivity index (χ3v) is 6.89. The van der Waals surface area contributed by atoms with Crippen molar-refractivity contribution in [3.05, 3.63) is 100 Å². The zero-order valence-corrected chi connectivity index (χ0v) is 20.9. The van der Waals surface area contributed by atoms with Crippen LogP contribution in [0.3, 0.4) is 0 Å². The van der Waals surface area contributed by atoms with Crippen molar-refractivity contribution < 1.29 is 19.4 Å². The number of aryl methyl sites for hydroxylation is 2. The molecule has 2 aliphatic rings. The van der Waals surface area contributed by atoms with E-state index < -0.39 is 17.7 Å². The van der Waals surface area contributed by atoms with Gasteiger partial charge in [-0.25, -0.2) is 0 Å². The van der Waals surface area contributed by atoms with Crippen molar-refractivity contribution in [2.45, 2.75) is 51.7 Å². The summed E-state index contributed by atoms with van der Waals surface area (Å²) in [6, 6.07) is 20.7. The maximum Gasteiger partial charge on any atom is 0.300 e. The molecule has 1 heterocycles. The van der Waals surface area contributed by atoms with Gasteiger partial charge in [0.15, 0.2) is 0 Å². The highest BCUT2D eigenvalue weighted by atomic mass is 16.5. The SMILES string of the molecule is CC(C)Oc1cccc(C2/C(=C(/O)c3ccc4c(c3)CCCC4)C(=O)C(=O)N2c2ccc(C#N)cc2)c1. The third kappa shape index (κ3) is 4.61. The Hall–Kier alpha value is -4.37. The number of nitrogens with zero attached hydrogens (tertiary/aromatic N) is 2. The molecule has 6 nitrogen and oxygen atoms in total. The monoisotopic (exact) mass is 492 g/mol. The van der Waals surface area contributed by atoms with Crippen LogP contribution in [0.2, 0.25) is 0 Å². The van der Waals surface area contributed by atoms with Crippen molar-refractivity contribution in [3.8, 4) is 11.8 Å². The van der Waals surface area contributed by atoms with E-state index in [1.54, 1.807) is 30.3 Å². The summed E-state index contributed by atoms with van der Waals surface area (Å²) in [4.78, 5) is 28.3. The van der Waals surface area contributed by atoms with Gasteiger partial charge in [-0.05, 0) is 98.7 Å². The highest BCUT2D eigenvalue weighted by Gasteiger charge is 2.47. The topological polar surface area (TPSA) is 90.6 Å². The standard InChI is InChI=1S/C31H28N2O4/c1-19(2)37-26-9-5-8-23(17-26)28-27(29(34)24-13-12-21-6-3-4-7-22(21)16-24)30(35)31(36)33(28)25-14-10-20(18-32)11-15-25/h5,8-17,19,28,34H,3-4,6-7H2,1-2H3/b29-27-. The molecule has 37 heavy (non-hydrogen) atoms. The Kier molecular flexibility index (Phi) is 6.54. The average molecular weight is 493 g/mol. The summed E-state index contributed by atoms with van der Waals surface area (Å²) < 4.78 is 5.88. The van der Waals surface area contributed by atoms with Crippen molar-refractivity contribution >= 4 is 23.1 Å².